The zero-order valence-corrected chi connectivity index (χ0v) is 11.0. The van der Waals surface area contributed by atoms with Gasteiger partial charge in [0.15, 0.2) is 0 Å². The van der Waals surface area contributed by atoms with Crippen molar-refractivity contribution in [2.45, 2.75) is 6.04 Å². The third kappa shape index (κ3) is 2.46. The number of fused-ring (bicyclic) bond motifs is 1. The van der Waals surface area contributed by atoms with Crippen molar-refractivity contribution in [2.75, 3.05) is 0 Å². The Morgan fingerprint density at radius 3 is 2.47 bits per heavy atom. The summed E-state index contributed by atoms with van der Waals surface area (Å²) in [5.74, 6) is 0. The second-order valence-corrected chi connectivity index (χ2v) is 4.92. The van der Waals surface area contributed by atoms with Gasteiger partial charge in [0.05, 0.1) is 11.6 Å². The van der Waals surface area contributed by atoms with Crippen LogP contribution >= 0.6 is 11.6 Å². The number of halogens is 1. The van der Waals surface area contributed by atoms with Gasteiger partial charge in [0.1, 0.15) is 0 Å². The molecule has 0 aliphatic rings. The van der Waals surface area contributed by atoms with Crippen LogP contribution in [0, 0.1) is 0 Å². The second-order valence-electron chi connectivity index (χ2n) is 4.48. The Bertz CT molecular complexity index is 707. The maximum atomic E-state index is 6.29. The van der Waals surface area contributed by atoms with E-state index >= 15 is 0 Å². The van der Waals surface area contributed by atoms with Gasteiger partial charge in [-0.15, -0.1) is 0 Å². The summed E-state index contributed by atoms with van der Waals surface area (Å²) in [5.41, 5.74) is 9.40. The van der Waals surface area contributed by atoms with Gasteiger partial charge in [-0.2, -0.15) is 0 Å². The minimum Gasteiger partial charge on any atom is -0.320 e. The first kappa shape index (κ1) is 12.2. The number of hydrogen-bond acceptors (Lipinski definition) is 2. The van der Waals surface area contributed by atoms with E-state index in [2.05, 4.69) is 11.1 Å². The normalized spacial score (nSPS) is 12.5. The molecule has 0 saturated heterocycles. The Hall–Kier alpha value is -1.90. The van der Waals surface area contributed by atoms with Crippen LogP contribution in [0.25, 0.3) is 10.9 Å². The number of benzene rings is 2. The maximum Gasteiger partial charge on any atom is 0.0702 e. The number of aromatic nitrogens is 1. The summed E-state index contributed by atoms with van der Waals surface area (Å²) in [5, 5.41) is 1.82. The predicted molar refractivity (Wildman–Crippen MR) is 79.2 cm³/mol. The molecule has 3 aromatic rings. The minimum atomic E-state index is -0.151. The summed E-state index contributed by atoms with van der Waals surface area (Å²) in [4.78, 5) is 4.31. The Labute approximate surface area is 116 Å². The van der Waals surface area contributed by atoms with E-state index in [1.54, 1.807) is 6.20 Å². The van der Waals surface area contributed by atoms with Crippen LogP contribution in [0.5, 0.6) is 0 Å². The van der Waals surface area contributed by atoms with Crippen LogP contribution in [-0.4, -0.2) is 4.98 Å². The zero-order valence-electron chi connectivity index (χ0n) is 10.3. The molecule has 3 heteroatoms. The molecule has 1 aromatic heterocycles. The quantitative estimate of drug-likeness (QED) is 0.765. The molecule has 1 heterocycles. The van der Waals surface area contributed by atoms with Crippen molar-refractivity contribution < 1.29 is 0 Å². The third-order valence-electron chi connectivity index (χ3n) is 3.22. The zero-order chi connectivity index (χ0) is 13.2. The van der Waals surface area contributed by atoms with Crippen LogP contribution in [0.4, 0.5) is 0 Å². The summed E-state index contributed by atoms with van der Waals surface area (Å²) >= 11 is 5.89. The molecule has 1 unspecified atom stereocenters. The molecule has 0 saturated carbocycles. The molecular weight excluding hydrogens is 256 g/mol. The SMILES string of the molecule is NC(c1ccc(Cl)cc1)c1ccc2ncccc2c1. The molecule has 0 fully saturated rings. The van der Waals surface area contributed by atoms with Crippen molar-refractivity contribution in [3.8, 4) is 0 Å². The molecule has 0 spiro atoms. The molecule has 0 bridgehead atoms. The van der Waals surface area contributed by atoms with E-state index in [1.165, 1.54) is 0 Å². The molecular formula is C16H13ClN2. The molecule has 94 valence electrons. The summed E-state index contributed by atoms with van der Waals surface area (Å²) in [6, 6.07) is 17.6. The number of nitrogens with zero attached hydrogens (tertiary/aromatic N) is 1. The molecule has 1 atom stereocenters. The molecule has 0 aliphatic carbocycles. The topological polar surface area (TPSA) is 38.9 Å². The van der Waals surface area contributed by atoms with Gasteiger partial charge < -0.3 is 5.73 Å². The number of rotatable bonds is 2. The average molecular weight is 269 g/mol. The van der Waals surface area contributed by atoms with Crippen molar-refractivity contribution in [1.29, 1.82) is 0 Å². The first-order chi connectivity index (χ1) is 9.24. The minimum absolute atomic E-state index is 0.151. The lowest BCUT2D eigenvalue weighted by Gasteiger charge is -2.13. The van der Waals surface area contributed by atoms with Crippen LogP contribution in [0.1, 0.15) is 17.2 Å². The van der Waals surface area contributed by atoms with Crippen LogP contribution < -0.4 is 5.73 Å². The Morgan fingerprint density at radius 2 is 1.68 bits per heavy atom. The molecule has 0 aliphatic heterocycles. The number of nitrogens with two attached hydrogens (primary N) is 1. The van der Waals surface area contributed by atoms with Crippen molar-refractivity contribution in [3.63, 3.8) is 0 Å². The standard InChI is InChI=1S/C16H13ClN2/c17-14-6-3-11(4-7-14)16(18)13-5-8-15-12(10-13)2-1-9-19-15/h1-10,16H,18H2. The first-order valence-corrected chi connectivity index (χ1v) is 6.47. The molecule has 2 aromatic carbocycles. The van der Waals surface area contributed by atoms with E-state index in [4.69, 9.17) is 17.3 Å². The fourth-order valence-electron chi connectivity index (χ4n) is 2.15. The lowest BCUT2D eigenvalue weighted by Crippen LogP contribution is -2.11. The van der Waals surface area contributed by atoms with Crippen molar-refractivity contribution in [1.82, 2.24) is 4.98 Å². The maximum absolute atomic E-state index is 6.29. The highest BCUT2D eigenvalue weighted by molar-refractivity contribution is 6.30. The van der Waals surface area contributed by atoms with Gasteiger partial charge in [-0.1, -0.05) is 35.9 Å². The summed E-state index contributed by atoms with van der Waals surface area (Å²) < 4.78 is 0. The highest BCUT2D eigenvalue weighted by Gasteiger charge is 2.09. The number of pyridine rings is 1. The lowest BCUT2D eigenvalue weighted by atomic mass is 9.98. The van der Waals surface area contributed by atoms with Gasteiger partial charge in [-0.25, -0.2) is 0 Å². The van der Waals surface area contributed by atoms with Crippen LogP contribution in [0.15, 0.2) is 60.8 Å². The first-order valence-electron chi connectivity index (χ1n) is 6.10. The van der Waals surface area contributed by atoms with Gasteiger partial charge in [0.2, 0.25) is 0 Å². The third-order valence-corrected chi connectivity index (χ3v) is 3.47. The van der Waals surface area contributed by atoms with Gasteiger partial charge >= 0.3 is 0 Å². The largest absolute Gasteiger partial charge is 0.320 e. The number of hydrogen-bond donors (Lipinski definition) is 1. The monoisotopic (exact) mass is 268 g/mol. The summed E-state index contributed by atoms with van der Waals surface area (Å²) in [6.45, 7) is 0. The van der Waals surface area contributed by atoms with Crippen LogP contribution in [0.3, 0.4) is 0 Å². The molecule has 2 N–H and O–H groups in total. The van der Waals surface area contributed by atoms with E-state index in [0.29, 0.717) is 0 Å². The van der Waals surface area contributed by atoms with Crippen LogP contribution in [-0.2, 0) is 0 Å². The summed E-state index contributed by atoms with van der Waals surface area (Å²) in [7, 11) is 0. The predicted octanol–water partition coefficient (Wildman–Crippen LogP) is 3.94. The van der Waals surface area contributed by atoms with E-state index in [9.17, 15) is 0 Å². The van der Waals surface area contributed by atoms with Crippen molar-refractivity contribution >= 4 is 22.5 Å². The van der Waals surface area contributed by atoms with E-state index < -0.39 is 0 Å². The van der Waals surface area contributed by atoms with Gasteiger partial charge in [0, 0.05) is 16.6 Å². The molecule has 3 rings (SSSR count). The van der Waals surface area contributed by atoms with E-state index in [-0.39, 0.29) is 6.04 Å². The fraction of sp³-hybridized carbons (Fsp3) is 0.0625. The van der Waals surface area contributed by atoms with Crippen molar-refractivity contribution in [3.05, 3.63) is 76.9 Å². The molecule has 2 nitrogen and oxygen atoms in total. The van der Waals surface area contributed by atoms with Gasteiger partial charge in [0.25, 0.3) is 0 Å². The fourth-order valence-corrected chi connectivity index (χ4v) is 2.28. The Morgan fingerprint density at radius 1 is 0.947 bits per heavy atom. The Balaban J connectivity index is 2.01. The van der Waals surface area contributed by atoms with E-state index in [1.807, 2.05) is 48.5 Å². The van der Waals surface area contributed by atoms with E-state index in [0.717, 1.165) is 27.1 Å². The average Bonchev–Trinajstić information content (AvgIpc) is 2.47. The van der Waals surface area contributed by atoms with Crippen molar-refractivity contribution in [2.24, 2.45) is 5.73 Å². The lowest BCUT2D eigenvalue weighted by molar-refractivity contribution is 0.873. The second kappa shape index (κ2) is 5.00. The molecule has 0 amide bonds. The smallest absolute Gasteiger partial charge is 0.0702 e. The molecule has 0 radical (unpaired) electrons. The summed E-state index contributed by atoms with van der Waals surface area (Å²) in [6.07, 6.45) is 1.79. The highest BCUT2D eigenvalue weighted by atomic mass is 35.5. The highest BCUT2D eigenvalue weighted by Crippen LogP contribution is 2.24. The van der Waals surface area contributed by atoms with Crippen LogP contribution in [0.2, 0.25) is 5.02 Å². The van der Waals surface area contributed by atoms with Gasteiger partial charge in [-0.3, -0.25) is 4.98 Å². The Kier molecular flexibility index (Phi) is 3.20. The molecule has 19 heavy (non-hydrogen) atoms. The van der Waals surface area contributed by atoms with Gasteiger partial charge in [-0.05, 0) is 41.5 Å².